The first-order valence-corrected chi connectivity index (χ1v) is 11.2. The molecule has 0 bridgehead atoms. The van der Waals surface area contributed by atoms with Gasteiger partial charge >= 0.3 is 0 Å². The molecule has 5 N–H and O–H groups in total. The first-order chi connectivity index (χ1) is 14.6. The van der Waals surface area contributed by atoms with Gasteiger partial charge in [0.05, 0.1) is 4.90 Å². The molecular formula is C21H24N4O5S. The van der Waals surface area contributed by atoms with Crippen LogP contribution in [-0.2, 0) is 10.0 Å². The molecule has 1 heterocycles. The summed E-state index contributed by atoms with van der Waals surface area (Å²) in [5.41, 5.74) is 11.3. The van der Waals surface area contributed by atoms with E-state index >= 15 is 0 Å². The third-order valence-electron chi connectivity index (χ3n) is 5.14. The van der Waals surface area contributed by atoms with Gasteiger partial charge in [0.1, 0.15) is 0 Å². The summed E-state index contributed by atoms with van der Waals surface area (Å²) in [5, 5.41) is 2.56. The Labute approximate surface area is 180 Å². The number of hydrogen-bond donors (Lipinski definition) is 3. The zero-order valence-electron chi connectivity index (χ0n) is 17.1. The van der Waals surface area contributed by atoms with Crippen LogP contribution in [0.4, 0.5) is 5.69 Å². The van der Waals surface area contributed by atoms with E-state index < -0.39 is 27.7 Å². The number of carbonyl (C=O) groups is 3. The van der Waals surface area contributed by atoms with E-state index in [-0.39, 0.29) is 27.3 Å². The molecule has 3 amide bonds. The minimum atomic E-state index is -3.73. The quantitative estimate of drug-likeness (QED) is 0.618. The van der Waals surface area contributed by atoms with Crippen LogP contribution in [0.15, 0.2) is 41.3 Å². The van der Waals surface area contributed by atoms with E-state index in [1.165, 1.54) is 34.6 Å². The van der Waals surface area contributed by atoms with Gasteiger partial charge in [-0.1, -0.05) is 12.5 Å². The average molecular weight is 445 g/mol. The molecule has 9 nitrogen and oxygen atoms in total. The van der Waals surface area contributed by atoms with Crippen LogP contribution in [0.5, 0.6) is 0 Å². The number of sulfonamides is 1. The van der Waals surface area contributed by atoms with Gasteiger partial charge in [0.25, 0.3) is 5.91 Å². The molecule has 0 aromatic heterocycles. The summed E-state index contributed by atoms with van der Waals surface area (Å²) < 4.78 is 27.6. The molecule has 31 heavy (non-hydrogen) atoms. The number of amides is 3. The lowest BCUT2D eigenvalue weighted by Crippen LogP contribution is -2.36. The van der Waals surface area contributed by atoms with Gasteiger partial charge in [0, 0.05) is 35.5 Å². The van der Waals surface area contributed by atoms with Crippen molar-refractivity contribution in [1.82, 2.24) is 4.31 Å². The van der Waals surface area contributed by atoms with Crippen molar-refractivity contribution < 1.29 is 22.8 Å². The van der Waals surface area contributed by atoms with Crippen molar-refractivity contribution in [3.63, 3.8) is 0 Å². The van der Waals surface area contributed by atoms with Gasteiger partial charge in [0.2, 0.25) is 21.8 Å². The van der Waals surface area contributed by atoms with Crippen molar-refractivity contribution in [2.45, 2.75) is 31.1 Å². The monoisotopic (exact) mass is 444 g/mol. The number of nitrogens with one attached hydrogen (secondary N) is 1. The Morgan fingerprint density at radius 1 is 0.871 bits per heavy atom. The van der Waals surface area contributed by atoms with Crippen LogP contribution in [0.25, 0.3) is 0 Å². The molecule has 1 aliphatic heterocycles. The summed E-state index contributed by atoms with van der Waals surface area (Å²) in [4.78, 5) is 35.9. The number of carbonyl (C=O) groups excluding carboxylic acids is 3. The van der Waals surface area contributed by atoms with Gasteiger partial charge in [-0.05, 0) is 55.7 Å². The highest BCUT2D eigenvalue weighted by atomic mass is 32.2. The molecule has 1 saturated heterocycles. The third kappa shape index (κ3) is 4.92. The lowest BCUT2D eigenvalue weighted by atomic mass is 10.1. The maximum atomic E-state index is 13.1. The SMILES string of the molecule is Cc1ccc(C(=O)Nc2cc(C(N)=O)cc(C(N)=O)c2)cc1S(=O)(=O)N1CCCCC1. The van der Waals surface area contributed by atoms with Crippen molar-refractivity contribution in [1.29, 1.82) is 0 Å². The van der Waals surface area contributed by atoms with Gasteiger partial charge in [0.15, 0.2) is 0 Å². The number of piperidine rings is 1. The summed E-state index contributed by atoms with van der Waals surface area (Å²) in [6, 6.07) is 8.27. The molecular weight excluding hydrogens is 420 g/mol. The first kappa shape index (κ1) is 22.4. The minimum Gasteiger partial charge on any atom is -0.366 e. The normalized spacial score (nSPS) is 14.7. The van der Waals surface area contributed by atoms with E-state index in [2.05, 4.69) is 5.32 Å². The van der Waals surface area contributed by atoms with Crippen LogP contribution in [0, 0.1) is 6.92 Å². The summed E-state index contributed by atoms with van der Waals surface area (Å²) in [5.74, 6) is -2.18. The Kier molecular flexibility index (Phi) is 6.42. The maximum absolute atomic E-state index is 13.1. The van der Waals surface area contributed by atoms with E-state index in [9.17, 15) is 22.8 Å². The van der Waals surface area contributed by atoms with Crippen LogP contribution in [0.3, 0.4) is 0 Å². The highest BCUT2D eigenvalue weighted by Crippen LogP contribution is 2.25. The van der Waals surface area contributed by atoms with E-state index in [1.54, 1.807) is 13.0 Å². The van der Waals surface area contributed by atoms with Crippen LogP contribution in [0.2, 0.25) is 0 Å². The number of nitrogens with two attached hydrogens (primary N) is 2. The number of hydrogen-bond acceptors (Lipinski definition) is 5. The van der Waals surface area contributed by atoms with Gasteiger partial charge in [-0.3, -0.25) is 14.4 Å². The summed E-state index contributed by atoms with van der Waals surface area (Å²) in [6.07, 6.45) is 2.60. The Hall–Kier alpha value is -3.24. The first-order valence-electron chi connectivity index (χ1n) is 9.76. The smallest absolute Gasteiger partial charge is 0.255 e. The predicted octanol–water partition coefficient (Wildman–Crippen LogP) is 1.62. The molecule has 0 aliphatic carbocycles. The zero-order chi connectivity index (χ0) is 22.8. The fourth-order valence-electron chi connectivity index (χ4n) is 3.45. The number of benzene rings is 2. The topological polar surface area (TPSA) is 153 Å². The third-order valence-corrected chi connectivity index (χ3v) is 7.18. The predicted molar refractivity (Wildman–Crippen MR) is 115 cm³/mol. The molecule has 164 valence electrons. The van der Waals surface area contributed by atoms with Crippen molar-refractivity contribution in [2.24, 2.45) is 11.5 Å². The van der Waals surface area contributed by atoms with E-state index in [0.717, 1.165) is 19.3 Å². The molecule has 2 aromatic rings. The Bertz CT molecular complexity index is 1120. The van der Waals surface area contributed by atoms with Crippen LogP contribution < -0.4 is 16.8 Å². The van der Waals surface area contributed by atoms with Crippen LogP contribution in [0.1, 0.15) is 55.9 Å². The summed E-state index contributed by atoms with van der Waals surface area (Å²) >= 11 is 0. The fourth-order valence-corrected chi connectivity index (χ4v) is 5.22. The van der Waals surface area contributed by atoms with Crippen molar-refractivity contribution in [3.05, 3.63) is 58.7 Å². The average Bonchev–Trinajstić information content (AvgIpc) is 2.74. The van der Waals surface area contributed by atoms with Crippen LogP contribution in [-0.4, -0.2) is 43.5 Å². The Morgan fingerprint density at radius 3 is 2.00 bits per heavy atom. The number of aryl methyl sites for hydroxylation is 1. The zero-order valence-corrected chi connectivity index (χ0v) is 17.9. The molecule has 0 unspecified atom stereocenters. The molecule has 0 atom stereocenters. The second-order valence-corrected chi connectivity index (χ2v) is 9.33. The Morgan fingerprint density at radius 2 is 1.45 bits per heavy atom. The standard InChI is InChI=1S/C21H24N4O5S/c1-13-5-6-14(12-18(13)31(29,30)25-7-3-2-4-8-25)21(28)24-17-10-15(19(22)26)9-16(11-17)20(23)27/h5-6,9-12H,2-4,7-8H2,1H3,(H2,22,26)(H2,23,27)(H,24,28). The molecule has 10 heteroatoms. The highest BCUT2D eigenvalue weighted by Gasteiger charge is 2.28. The largest absolute Gasteiger partial charge is 0.366 e. The van der Waals surface area contributed by atoms with Crippen molar-refractivity contribution in [2.75, 3.05) is 18.4 Å². The molecule has 3 rings (SSSR count). The lowest BCUT2D eigenvalue weighted by molar-refractivity contribution is 0.0994. The Balaban J connectivity index is 1.92. The molecule has 0 saturated carbocycles. The van der Waals surface area contributed by atoms with Gasteiger partial charge < -0.3 is 16.8 Å². The second kappa shape index (κ2) is 8.86. The summed E-state index contributed by atoms with van der Waals surface area (Å²) in [6.45, 7) is 2.58. The minimum absolute atomic E-state index is 0.00358. The van der Waals surface area contributed by atoms with Gasteiger partial charge in [-0.2, -0.15) is 4.31 Å². The fraction of sp³-hybridized carbons (Fsp3) is 0.286. The summed E-state index contributed by atoms with van der Waals surface area (Å²) in [7, 11) is -3.73. The van der Waals surface area contributed by atoms with Gasteiger partial charge in [-0.15, -0.1) is 0 Å². The molecule has 0 radical (unpaired) electrons. The highest BCUT2D eigenvalue weighted by molar-refractivity contribution is 7.89. The van der Waals surface area contributed by atoms with E-state index in [4.69, 9.17) is 11.5 Å². The van der Waals surface area contributed by atoms with E-state index in [1.807, 2.05) is 0 Å². The molecule has 0 spiro atoms. The van der Waals surface area contributed by atoms with Crippen molar-refractivity contribution in [3.8, 4) is 0 Å². The lowest BCUT2D eigenvalue weighted by Gasteiger charge is -2.26. The maximum Gasteiger partial charge on any atom is 0.255 e. The number of nitrogens with zero attached hydrogens (tertiary/aromatic N) is 1. The van der Waals surface area contributed by atoms with Gasteiger partial charge in [-0.25, -0.2) is 8.42 Å². The second-order valence-electron chi connectivity index (χ2n) is 7.43. The number of primary amides is 2. The number of anilines is 1. The molecule has 1 aliphatic rings. The molecule has 1 fully saturated rings. The van der Waals surface area contributed by atoms with E-state index in [0.29, 0.717) is 18.7 Å². The molecule has 2 aromatic carbocycles. The number of rotatable bonds is 6. The van der Waals surface area contributed by atoms with Crippen molar-refractivity contribution >= 4 is 33.4 Å². The van der Waals surface area contributed by atoms with Crippen LogP contribution >= 0.6 is 0 Å².